The summed E-state index contributed by atoms with van der Waals surface area (Å²) in [5.74, 6) is -1.40. The van der Waals surface area contributed by atoms with Crippen molar-refractivity contribution in [2.24, 2.45) is 0 Å². The lowest BCUT2D eigenvalue weighted by atomic mass is 10.1. The fraction of sp³-hybridized carbons (Fsp3) is 0.318. The number of nitrogens with one attached hydrogen (secondary N) is 2. The highest BCUT2D eigenvalue weighted by Gasteiger charge is 2.24. The maximum atomic E-state index is 12.7. The second-order valence-corrected chi connectivity index (χ2v) is 9.59. The molecule has 1 aromatic heterocycles. The third-order valence-corrected chi connectivity index (χ3v) is 7.00. The highest BCUT2D eigenvalue weighted by Crippen LogP contribution is 2.23. The zero-order chi connectivity index (χ0) is 22.9. The van der Waals surface area contributed by atoms with Crippen LogP contribution in [0.1, 0.15) is 43.0 Å². The van der Waals surface area contributed by atoms with Gasteiger partial charge in [0.1, 0.15) is 6.54 Å². The number of hydrogen-bond acceptors (Lipinski definition) is 6. The molecular weight excluding hydrogens is 434 g/mol. The van der Waals surface area contributed by atoms with Crippen LogP contribution < -0.4 is 15.8 Å². The largest absolute Gasteiger partial charge is 0.420 e. The molecule has 0 spiro atoms. The van der Waals surface area contributed by atoms with Crippen LogP contribution in [0.2, 0.25) is 0 Å². The summed E-state index contributed by atoms with van der Waals surface area (Å²) in [4.78, 5) is 36.3. The number of amides is 1. The zero-order valence-corrected chi connectivity index (χ0v) is 18.3. The number of anilines is 1. The van der Waals surface area contributed by atoms with Gasteiger partial charge in [0.05, 0.1) is 10.4 Å². The van der Waals surface area contributed by atoms with Gasteiger partial charge >= 0.3 is 5.76 Å². The van der Waals surface area contributed by atoms with Crippen molar-refractivity contribution in [3.8, 4) is 0 Å². The number of hydrogen-bond donors (Lipinski definition) is 2. The topological polar surface area (TPSA) is 127 Å². The van der Waals surface area contributed by atoms with Gasteiger partial charge in [-0.2, -0.15) is 0 Å². The standard InChI is InChI=1S/C22H23N3O6S/c1-14(26)15-5-4-8-17(11-15)23-21(27)13-25-19-10-9-18(12-20(19)31-22(25)28)32(29,30)24-16-6-2-3-7-16/h4-5,8-12,16,24H,2-3,6-7,13H2,1H3,(H,23,27). The molecule has 1 fully saturated rings. The lowest BCUT2D eigenvalue weighted by Gasteiger charge is -2.12. The first-order valence-corrected chi connectivity index (χ1v) is 11.8. The lowest BCUT2D eigenvalue weighted by molar-refractivity contribution is -0.116. The van der Waals surface area contributed by atoms with Crippen molar-refractivity contribution in [1.29, 1.82) is 0 Å². The Hall–Kier alpha value is -3.24. The Kier molecular flexibility index (Phi) is 5.98. The summed E-state index contributed by atoms with van der Waals surface area (Å²) in [5.41, 5.74) is 1.27. The van der Waals surface area contributed by atoms with E-state index in [-0.39, 0.29) is 28.8 Å². The van der Waals surface area contributed by atoms with Gasteiger partial charge in [-0.05, 0) is 44.0 Å². The van der Waals surface area contributed by atoms with Crippen LogP contribution in [0.5, 0.6) is 0 Å². The molecule has 1 heterocycles. The number of benzene rings is 2. The fourth-order valence-electron chi connectivity index (χ4n) is 3.85. The van der Waals surface area contributed by atoms with E-state index in [4.69, 9.17) is 4.42 Å². The van der Waals surface area contributed by atoms with Crippen molar-refractivity contribution >= 4 is 38.5 Å². The predicted molar refractivity (Wildman–Crippen MR) is 118 cm³/mol. The van der Waals surface area contributed by atoms with Gasteiger partial charge in [-0.3, -0.25) is 14.2 Å². The first-order chi connectivity index (χ1) is 15.2. The van der Waals surface area contributed by atoms with E-state index < -0.39 is 21.7 Å². The van der Waals surface area contributed by atoms with E-state index in [0.717, 1.165) is 30.3 Å². The molecule has 1 aliphatic carbocycles. The third kappa shape index (κ3) is 4.66. The van der Waals surface area contributed by atoms with Gasteiger partial charge in [-0.15, -0.1) is 0 Å². The van der Waals surface area contributed by atoms with Crippen molar-refractivity contribution in [1.82, 2.24) is 9.29 Å². The molecule has 2 aromatic carbocycles. The minimum atomic E-state index is -3.74. The Morgan fingerprint density at radius 1 is 1.12 bits per heavy atom. The number of ketones is 1. The van der Waals surface area contributed by atoms with Crippen LogP contribution in [0.3, 0.4) is 0 Å². The van der Waals surface area contributed by atoms with Gasteiger partial charge in [0, 0.05) is 23.4 Å². The van der Waals surface area contributed by atoms with Crippen LogP contribution in [0.25, 0.3) is 11.1 Å². The molecule has 0 atom stereocenters. The van der Waals surface area contributed by atoms with Crippen LogP contribution in [0, 0.1) is 0 Å². The molecule has 3 aromatic rings. The number of carbonyl (C=O) groups is 2. The zero-order valence-electron chi connectivity index (χ0n) is 17.5. The number of aromatic nitrogens is 1. The van der Waals surface area contributed by atoms with Crippen LogP contribution in [-0.2, 0) is 21.4 Å². The van der Waals surface area contributed by atoms with Crippen molar-refractivity contribution < 1.29 is 22.4 Å². The van der Waals surface area contributed by atoms with Crippen LogP contribution in [0.15, 0.2) is 56.6 Å². The van der Waals surface area contributed by atoms with Gasteiger partial charge in [-0.1, -0.05) is 25.0 Å². The Bertz CT molecular complexity index is 1350. The molecule has 0 unspecified atom stereocenters. The Labute approximate surface area is 184 Å². The SMILES string of the molecule is CC(=O)c1cccc(NC(=O)Cn2c(=O)oc3cc(S(=O)(=O)NC4CCCC4)ccc32)c1. The molecule has 1 aliphatic rings. The summed E-state index contributed by atoms with van der Waals surface area (Å²) < 4.78 is 34.3. The molecule has 1 saturated carbocycles. The quantitative estimate of drug-likeness (QED) is 0.525. The molecular formula is C22H23N3O6S. The second-order valence-electron chi connectivity index (χ2n) is 7.87. The Morgan fingerprint density at radius 3 is 2.59 bits per heavy atom. The highest BCUT2D eigenvalue weighted by molar-refractivity contribution is 7.89. The van der Waals surface area contributed by atoms with E-state index in [1.165, 1.54) is 25.1 Å². The Morgan fingerprint density at radius 2 is 1.88 bits per heavy atom. The van der Waals surface area contributed by atoms with E-state index in [2.05, 4.69) is 10.0 Å². The number of carbonyl (C=O) groups excluding carboxylic acids is 2. The number of rotatable bonds is 7. The second kappa shape index (κ2) is 8.71. The van der Waals surface area contributed by atoms with Gasteiger partial charge in [0.15, 0.2) is 11.4 Å². The predicted octanol–water partition coefficient (Wildman–Crippen LogP) is 2.66. The van der Waals surface area contributed by atoms with Crippen molar-refractivity contribution in [2.75, 3.05) is 5.32 Å². The summed E-state index contributed by atoms with van der Waals surface area (Å²) in [6.07, 6.45) is 3.59. The number of Topliss-reactive ketones (excluding diaryl/α,β-unsaturated/α-hetero) is 1. The number of nitrogens with zero attached hydrogens (tertiary/aromatic N) is 1. The molecule has 32 heavy (non-hydrogen) atoms. The van der Waals surface area contributed by atoms with E-state index >= 15 is 0 Å². The minimum absolute atomic E-state index is 0.00305. The first kappa shape index (κ1) is 22.0. The summed E-state index contributed by atoms with van der Waals surface area (Å²) in [7, 11) is -3.74. The van der Waals surface area contributed by atoms with E-state index in [0.29, 0.717) is 16.8 Å². The minimum Gasteiger partial charge on any atom is -0.408 e. The molecule has 9 nitrogen and oxygen atoms in total. The molecule has 1 amide bonds. The van der Waals surface area contributed by atoms with E-state index in [9.17, 15) is 22.8 Å². The molecule has 0 radical (unpaired) electrons. The molecule has 0 bridgehead atoms. The maximum absolute atomic E-state index is 12.7. The normalized spacial score (nSPS) is 14.7. The Balaban J connectivity index is 1.54. The van der Waals surface area contributed by atoms with Crippen LogP contribution >= 0.6 is 0 Å². The fourth-order valence-corrected chi connectivity index (χ4v) is 5.17. The molecule has 2 N–H and O–H groups in total. The summed E-state index contributed by atoms with van der Waals surface area (Å²) in [6.45, 7) is 1.10. The van der Waals surface area contributed by atoms with Gasteiger partial charge in [0.25, 0.3) is 0 Å². The van der Waals surface area contributed by atoms with Crippen molar-refractivity contribution in [3.05, 3.63) is 58.6 Å². The molecule has 4 rings (SSSR count). The monoisotopic (exact) mass is 457 g/mol. The van der Waals surface area contributed by atoms with E-state index in [1.54, 1.807) is 24.3 Å². The smallest absolute Gasteiger partial charge is 0.408 e. The molecule has 168 valence electrons. The van der Waals surface area contributed by atoms with Gasteiger partial charge in [-0.25, -0.2) is 17.9 Å². The van der Waals surface area contributed by atoms with Gasteiger partial charge < -0.3 is 9.73 Å². The number of sulfonamides is 1. The van der Waals surface area contributed by atoms with E-state index in [1.807, 2.05) is 0 Å². The van der Waals surface area contributed by atoms with Crippen molar-refractivity contribution in [3.63, 3.8) is 0 Å². The summed E-state index contributed by atoms with van der Waals surface area (Å²) in [5, 5.41) is 2.64. The summed E-state index contributed by atoms with van der Waals surface area (Å²) in [6, 6.07) is 10.5. The molecule has 0 aliphatic heterocycles. The first-order valence-electron chi connectivity index (χ1n) is 10.3. The van der Waals surface area contributed by atoms with Gasteiger partial charge in [0.2, 0.25) is 15.9 Å². The third-order valence-electron chi connectivity index (χ3n) is 5.48. The number of oxazole rings is 1. The molecule has 0 saturated heterocycles. The average Bonchev–Trinajstić information content (AvgIpc) is 3.35. The summed E-state index contributed by atoms with van der Waals surface area (Å²) >= 11 is 0. The molecule has 10 heteroatoms. The van der Waals surface area contributed by atoms with Crippen LogP contribution in [-0.4, -0.2) is 30.7 Å². The maximum Gasteiger partial charge on any atom is 0.420 e. The lowest BCUT2D eigenvalue weighted by Crippen LogP contribution is -2.32. The van der Waals surface area contributed by atoms with Crippen LogP contribution in [0.4, 0.5) is 5.69 Å². The average molecular weight is 458 g/mol. The number of fused-ring (bicyclic) bond motifs is 1. The highest BCUT2D eigenvalue weighted by atomic mass is 32.2. The van der Waals surface area contributed by atoms with Crippen molar-refractivity contribution in [2.45, 2.75) is 50.1 Å².